The van der Waals surface area contributed by atoms with E-state index >= 15 is 0 Å². The number of likely N-dealkylation sites (N-methyl/N-ethyl adjacent to an activating group) is 1. The Kier molecular flexibility index (Phi) is 11.2. The van der Waals surface area contributed by atoms with Crippen molar-refractivity contribution >= 4 is 35.2 Å². The average molecular weight is 820 g/mol. The zero-order valence-corrected chi connectivity index (χ0v) is 34.5. The molecule has 1 aliphatic carbocycles. The van der Waals surface area contributed by atoms with E-state index in [0.29, 0.717) is 36.7 Å². The van der Waals surface area contributed by atoms with E-state index in [9.17, 15) is 28.4 Å². The SMILES string of the molecule is CN(C)[C@H]1CN(C2CCc3cccc(F)c32)C[C@@H]1c1ccc(N2CCN(CC3CCN(C(=O)COc4ccc5c(c4)C(=O)N(C4CCC(=O)NC4=O)C5=O)CC3)CC2)cc1. The van der Waals surface area contributed by atoms with Crippen LogP contribution >= 0.6 is 0 Å². The number of amides is 5. The van der Waals surface area contributed by atoms with Crippen molar-refractivity contribution in [2.24, 2.45) is 5.92 Å². The molecule has 1 N–H and O–H groups in total. The molecule has 14 heteroatoms. The summed E-state index contributed by atoms with van der Waals surface area (Å²) >= 11 is 0. The van der Waals surface area contributed by atoms with Crippen LogP contribution in [0.1, 0.15) is 81.5 Å². The van der Waals surface area contributed by atoms with Crippen LogP contribution in [0.2, 0.25) is 0 Å². The van der Waals surface area contributed by atoms with Gasteiger partial charge in [0.25, 0.3) is 17.7 Å². The quantitative estimate of drug-likeness (QED) is 0.303. The molecule has 9 rings (SSSR count). The molecule has 0 spiro atoms. The number of piperidine rings is 2. The molecule has 60 heavy (non-hydrogen) atoms. The van der Waals surface area contributed by atoms with Crippen molar-refractivity contribution in [1.82, 2.24) is 29.8 Å². The minimum absolute atomic E-state index is 0.0486. The van der Waals surface area contributed by atoms with Crippen molar-refractivity contribution in [2.45, 2.75) is 62.6 Å². The highest BCUT2D eigenvalue weighted by atomic mass is 19.1. The number of ether oxygens (including phenoxy) is 1. The van der Waals surface area contributed by atoms with E-state index in [-0.39, 0.29) is 48.3 Å². The maximum absolute atomic E-state index is 15.0. The number of nitrogens with zero attached hydrogens (tertiary/aromatic N) is 6. The Morgan fingerprint density at radius 3 is 2.28 bits per heavy atom. The molecule has 4 fully saturated rings. The molecule has 4 atom stereocenters. The molecule has 2 unspecified atom stereocenters. The summed E-state index contributed by atoms with van der Waals surface area (Å²) in [6, 6.07) is 18.7. The first-order chi connectivity index (χ1) is 29.0. The van der Waals surface area contributed by atoms with E-state index < -0.39 is 29.7 Å². The lowest BCUT2D eigenvalue weighted by Gasteiger charge is -2.39. The highest BCUT2D eigenvalue weighted by Gasteiger charge is 2.45. The molecule has 4 saturated heterocycles. The number of hydrogen-bond acceptors (Lipinski definition) is 10. The number of fused-ring (bicyclic) bond motifs is 2. The smallest absolute Gasteiger partial charge is 0.262 e. The molecule has 5 amide bonds. The van der Waals surface area contributed by atoms with Gasteiger partial charge in [0.1, 0.15) is 17.6 Å². The third-order valence-corrected chi connectivity index (χ3v) is 13.9. The fourth-order valence-electron chi connectivity index (χ4n) is 10.5. The van der Waals surface area contributed by atoms with Gasteiger partial charge in [-0.3, -0.25) is 44.0 Å². The van der Waals surface area contributed by atoms with Gasteiger partial charge < -0.3 is 19.4 Å². The number of carbonyl (C=O) groups is 5. The van der Waals surface area contributed by atoms with Crippen LogP contribution in [0.3, 0.4) is 0 Å². The van der Waals surface area contributed by atoms with Gasteiger partial charge in [-0.05, 0) is 99.6 Å². The first kappa shape index (κ1) is 40.2. The largest absolute Gasteiger partial charge is 0.484 e. The molecule has 0 saturated carbocycles. The van der Waals surface area contributed by atoms with Crippen LogP contribution in [0.15, 0.2) is 60.7 Å². The van der Waals surface area contributed by atoms with Crippen LogP contribution in [0, 0.1) is 11.7 Å². The second-order valence-corrected chi connectivity index (χ2v) is 17.6. The minimum Gasteiger partial charge on any atom is -0.484 e. The summed E-state index contributed by atoms with van der Waals surface area (Å²) < 4.78 is 20.8. The van der Waals surface area contributed by atoms with Gasteiger partial charge in [0.15, 0.2) is 6.61 Å². The maximum Gasteiger partial charge on any atom is 0.262 e. The Bertz CT molecular complexity index is 2170. The molecule has 13 nitrogen and oxygen atoms in total. The van der Waals surface area contributed by atoms with E-state index in [1.165, 1.54) is 23.4 Å². The number of rotatable bonds is 10. The Labute approximate surface area is 350 Å². The van der Waals surface area contributed by atoms with Gasteiger partial charge in [-0.1, -0.05) is 24.3 Å². The predicted octanol–water partition coefficient (Wildman–Crippen LogP) is 3.68. The minimum atomic E-state index is -1.04. The molecular weight excluding hydrogens is 766 g/mol. The van der Waals surface area contributed by atoms with E-state index in [1.54, 1.807) is 12.1 Å². The van der Waals surface area contributed by atoms with Gasteiger partial charge in [0, 0.05) is 94.6 Å². The Morgan fingerprint density at radius 1 is 0.817 bits per heavy atom. The molecule has 316 valence electrons. The first-order valence-electron chi connectivity index (χ1n) is 21.5. The summed E-state index contributed by atoms with van der Waals surface area (Å²) in [5.74, 6) is -1.31. The van der Waals surface area contributed by atoms with Gasteiger partial charge in [-0.25, -0.2) is 4.39 Å². The molecule has 0 bridgehead atoms. The zero-order valence-electron chi connectivity index (χ0n) is 34.5. The van der Waals surface area contributed by atoms with Crippen LogP contribution in [0.4, 0.5) is 10.1 Å². The molecule has 5 aliphatic heterocycles. The highest BCUT2D eigenvalue weighted by molar-refractivity contribution is 6.23. The third-order valence-electron chi connectivity index (χ3n) is 13.9. The highest BCUT2D eigenvalue weighted by Crippen LogP contribution is 2.43. The lowest BCUT2D eigenvalue weighted by Crippen LogP contribution is -2.54. The van der Waals surface area contributed by atoms with Gasteiger partial charge in [-0.15, -0.1) is 0 Å². The topological polar surface area (TPSA) is 126 Å². The average Bonchev–Trinajstić information content (AvgIpc) is 3.96. The van der Waals surface area contributed by atoms with Crippen molar-refractivity contribution in [1.29, 1.82) is 0 Å². The monoisotopic (exact) mass is 819 g/mol. The summed E-state index contributed by atoms with van der Waals surface area (Å²) in [5.41, 5.74) is 4.95. The number of aryl methyl sites for hydroxylation is 1. The number of likely N-dealkylation sites (tertiary alicyclic amines) is 2. The van der Waals surface area contributed by atoms with Gasteiger partial charge in [0.2, 0.25) is 11.8 Å². The van der Waals surface area contributed by atoms with Crippen molar-refractivity contribution in [3.63, 3.8) is 0 Å². The fourth-order valence-corrected chi connectivity index (χ4v) is 10.5. The van der Waals surface area contributed by atoms with Crippen LogP contribution in [-0.4, -0.2) is 146 Å². The second kappa shape index (κ2) is 16.7. The zero-order chi connectivity index (χ0) is 41.7. The third kappa shape index (κ3) is 7.80. The standard InChI is InChI=1S/C46H54FN7O6/c1-49(2)40-27-53(38-13-8-31-4-3-5-37(47)43(31)38)26-36(40)30-6-9-32(10-7-30)51-22-20-50(21-23-51)25-29-16-18-52(19-17-29)42(56)28-60-33-11-12-34-35(24-33)46(59)54(45(34)58)39-14-15-41(55)48-44(39)57/h3-7,9-12,24,29,36,38-40H,8,13-23,25-28H2,1-2H3,(H,48,55,57)/t36-,38?,39?,40+/m1/s1. The van der Waals surface area contributed by atoms with E-state index in [2.05, 4.69) is 69.3 Å². The van der Waals surface area contributed by atoms with Crippen molar-refractivity contribution < 1.29 is 33.1 Å². The van der Waals surface area contributed by atoms with Crippen LogP contribution in [0.5, 0.6) is 5.75 Å². The molecule has 5 heterocycles. The Balaban J connectivity index is 0.715. The number of nitrogens with one attached hydrogen (secondary N) is 1. The van der Waals surface area contributed by atoms with Crippen molar-refractivity contribution in [2.75, 3.05) is 84.5 Å². The summed E-state index contributed by atoms with van der Waals surface area (Å²) in [7, 11) is 4.32. The second-order valence-electron chi connectivity index (χ2n) is 17.6. The Morgan fingerprint density at radius 2 is 1.55 bits per heavy atom. The molecule has 0 aromatic heterocycles. The van der Waals surface area contributed by atoms with Gasteiger partial charge >= 0.3 is 0 Å². The first-order valence-corrected chi connectivity index (χ1v) is 21.5. The van der Waals surface area contributed by atoms with Crippen LogP contribution in [0.25, 0.3) is 0 Å². The normalized spacial score (nSPS) is 25.3. The number of benzene rings is 3. The summed E-state index contributed by atoms with van der Waals surface area (Å²) in [4.78, 5) is 75.9. The molecule has 3 aromatic carbocycles. The van der Waals surface area contributed by atoms with Crippen LogP contribution < -0.4 is 15.0 Å². The molecular formula is C46H54FN7O6. The number of halogens is 1. The molecule has 0 radical (unpaired) electrons. The number of anilines is 1. The fraction of sp³-hybridized carbons (Fsp3) is 0.500. The van der Waals surface area contributed by atoms with Gasteiger partial charge in [0.05, 0.1) is 11.1 Å². The Hall–Kier alpha value is -5.18. The number of imide groups is 2. The molecule has 6 aliphatic rings. The lowest BCUT2D eigenvalue weighted by atomic mass is 9.93. The predicted molar refractivity (Wildman–Crippen MR) is 222 cm³/mol. The maximum atomic E-state index is 15.0. The van der Waals surface area contributed by atoms with E-state index in [0.717, 1.165) is 87.5 Å². The summed E-state index contributed by atoms with van der Waals surface area (Å²) in [5, 5.41) is 2.20. The van der Waals surface area contributed by atoms with Crippen LogP contribution in [-0.2, 0) is 20.8 Å². The van der Waals surface area contributed by atoms with Gasteiger partial charge in [-0.2, -0.15) is 0 Å². The number of piperazine rings is 1. The van der Waals surface area contributed by atoms with Crippen molar-refractivity contribution in [3.05, 3.63) is 94.3 Å². The van der Waals surface area contributed by atoms with E-state index in [4.69, 9.17) is 4.74 Å². The summed E-state index contributed by atoms with van der Waals surface area (Å²) in [6.07, 6.45) is 3.91. The number of hydrogen-bond donors (Lipinski definition) is 1. The lowest BCUT2D eigenvalue weighted by molar-refractivity contribution is -0.136. The van der Waals surface area contributed by atoms with Crippen molar-refractivity contribution in [3.8, 4) is 5.75 Å². The molecule has 3 aromatic rings. The number of carbonyl (C=O) groups excluding carboxylic acids is 5. The summed E-state index contributed by atoms with van der Waals surface area (Å²) in [6.45, 7) is 7.95. The van der Waals surface area contributed by atoms with E-state index in [1.807, 2.05) is 11.0 Å².